The van der Waals surface area contributed by atoms with Crippen molar-refractivity contribution in [2.24, 2.45) is 56.7 Å². The monoisotopic (exact) mass is 426 g/mol. The van der Waals surface area contributed by atoms with Crippen molar-refractivity contribution in [3.63, 3.8) is 0 Å². The van der Waals surface area contributed by atoms with Crippen LogP contribution >= 0.6 is 0 Å². The summed E-state index contributed by atoms with van der Waals surface area (Å²) in [5, 5.41) is 0. The number of hydrogen-bond donors (Lipinski definition) is 0. The molecule has 31 heavy (non-hydrogen) atoms. The third-order valence-electron chi connectivity index (χ3n) is 13.8. The zero-order valence-electron chi connectivity index (χ0n) is 22.3. The summed E-state index contributed by atoms with van der Waals surface area (Å²) in [5.41, 5.74) is 2.96. The first-order chi connectivity index (χ1) is 14.5. The molecule has 1 unspecified atom stereocenters. The molecule has 0 amide bonds. The molecule has 178 valence electrons. The van der Waals surface area contributed by atoms with Gasteiger partial charge in [-0.15, -0.1) is 0 Å². The second-order valence-electron chi connectivity index (χ2n) is 15.0. The lowest BCUT2D eigenvalue weighted by atomic mass is 9.32. The van der Waals surface area contributed by atoms with Crippen molar-refractivity contribution in [3.05, 3.63) is 0 Å². The van der Waals surface area contributed by atoms with Crippen LogP contribution in [0.1, 0.15) is 138 Å². The third kappa shape index (κ3) is 2.90. The van der Waals surface area contributed by atoms with Crippen LogP contribution in [0.15, 0.2) is 0 Å². The van der Waals surface area contributed by atoms with Gasteiger partial charge in [-0.25, -0.2) is 0 Å². The molecule has 0 aromatic carbocycles. The molecule has 5 aliphatic carbocycles. The second-order valence-corrected chi connectivity index (χ2v) is 15.0. The second kappa shape index (κ2) is 7.25. The fourth-order valence-electron chi connectivity index (χ4n) is 12.2. The predicted octanol–water partition coefficient (Wildman–Crippen LogP) is 9.67. The van der Waals surface area contributed by atoms with Crippen LogP contribution in [0.4, 0.5) is 0 Å². The smallest absolute Gasteiger partial charge is 0.0235 e. The zero-order valence-corrected chi connectivity index (χ0v) is 22.3. The van der Waals surface area contributed by atoms with Crippen LogP contribution in [0.25, 0.3) is 0 Å². The Morgan fingerprint density at radius 3 is 1.94 bits per heavy atom. The summed E-state index contributed by atoms with van der Waals surface area (Å²) in [4.78, 5) is 0. The summed E-state index contributed by atoms with van der Waals surface area (Å²) in [6.45, 7) is 18.8. The lowest BCUT2D eigenvalue weighted by Crippen LogP contribution is -2.65. The molecule has 5 saturated carbocycles. The maximum Gasteiger partial charge on any atom is -0.0235 e. The van der Waals surface area contributed by atoms with Gasteiger partial charge in [-0.05, 0) is 121 Å². The van der Waals surface area contributed by atoms with E-state index in [-0.39, 0.29) is 0 Å². The minimum absolute atomic E-state index is 0.563. The summed E-state index contributed by atoms with van der Waals surface area (Å²) in [7, 11) is 0. The lowest BCUT2D eigenvalue weighted by Gasteiger charge is -2.73. The highest BCUT2D eigenvalue weighted by molar-refractivity contribution is 5.18. The molecule has 0 radical (unpaired) electrons. The van der Waals surface area contributed by atoms with Crippen LogP contribution in [-0.4, -0.2) is 0 Å². The first kappa shape index (κ1) is 22.8. The van der Waals surface area contributed by atoms with Crippen LogP contribution in [-0.2, 0) is 0 Å². The van der Waals surface area contributed by atoms with Gasteiger partial charge in [-0.3, -0.25) is 0 Å². The standard InChI is InChI=1S/C31H54/c1-8-9-11-22-14-19-28(4)23(22)15-20-30(6)25(28)12-13-26-29(5)18-10-17-27(2,3)24(29)16-21-31(26,30)7/h22-26H,8-21H2,1-7H3/t22?,23-,24+,25-,26-,28+,29+,30-,31-/m1/s1. The molecule has 0 nitrogen and oxygen atoms in total. The molecule has 0 aliphatic heterocycles. The molecular formula is C31H54. The van der Waals surface area contributed by atoms with Crippen LogP contribution in [0.3, 0.4) is 0 Å². The van der Waals surface area contributed by atoms with Crippen molar-refractivity contribution in [2.75, 3.05) is 0 Å². The minimum atomic E-state index is 0.563. The average Bonchev–Trinajstić information content (AvgIpc) is 3.02. The molecule has 0 aromatic heterocycles. The van der Waals surface area contributed by atoms with E-state index < -0.39 is 0 Å². The van der Waals surface area contributed by atoms with Gasteiger partial charge in [0.25, 0.3) is 0 Å². The molecule has 0 heterocycles. The number of fused-ring (bicyclic) bond motifs is 7. The SMILES string of the molecule is CCCCC1CC[C@@]2(C)[C@@H]1CC[C@]1(C)[C@@H]2CC[C@@H]2[C@@]3(C)CCCC(C)(C)[C@@H]3CC[C@]21C. The van der Waals surface area contributed by atoms with Gasteiger partial charge in [0, 0.05) is 0 Å². The van der Waals surface area contributed by atoms with E-state index in [4.69, 9.17) is 0 Å². The molecule has 9 atom stereocenters. The van der Waals surface area contributed by atoms with Gasteiger partial charge in [-0.1, -0.05) is 74.1 Å². The predicted molar refractivity (Wildman–Crippen MR) is 134 cm³/mol. The van der Waals surface area contributed by atoms with Crippen molar-refractivity contribution in [1.82, 2.24) is 0 Å². The summed E-state index contributed by atoms with van der Waals surface area (Å²) >= 11 is 0. The molecular weight excluding hydrogens is 372 g/mol. The van der Waals surface area contributed by atoms with Gasteiger partial charge in [0.1, 0.15) is 0 Å². The molecule has 0 aromatic rings. The van der Waals surface area contributed by atoms with E-state index in [0.29, 0.717) is 27.1 Å². The van der Waals surface area contributed by atoms with Gasteiger partial charge in [0.2, 0.25) is 0 Å². The summed E-state index contributed by atoms with van der Waals surface area (Å²) in [5.74, 6) is 5.01. The van der Waals surface area contributed by atoms with Gasteiger partial charge < -0.3 is 0 Å². The minimum Gasteiger partial charge on any atom is -0.0654 e. The fraction of sp³-hybridized carbons (Fsp3) is 1.00. The molecule has 5 rings (SSSR count). The third-order valence-corrected chi connectivity index (χ3v) is 13.8. The molecule has 0 bridgehead atoms. The Hall–Kier alpha value is 0. The van der Waals surface area contributed by atoms with Crippen LogP contribution in [0.2, 0.25) is 0 Å². The largest absolute Gasteiger partial charge is 0.0654 e. The van der Waals surface area contributed by atoms with E-state index in [2.05, 4.69) is 48.5 Å². The van der Waals surface area contributed by atoms with Gasteiger partial charge in [0.05, 0.1) is 0 Å². The Kier molecular flexibility index (Phi) is 5.33. The number of hydrogen-bond acceptors (Lipinski definition) is 0. The molecule has 0 N–H and O–H groups in total. The van der Waals surface area contributed by atoms with E-state index in [1.807, 2.05) is 0 Å². The van der Waals surface area contributed by atoms with Crippen LogP contribution < -0.4 is 0 Å². The molecule has 0 heteroatoms. The van der Waals surface area contributed by atoms with Crippen molar-refractivity contribution in [3.8, 4) is 0 Å². The van der Waals surface area contributed by atoms with E-state index >= 15 is 0 Å². The molecule has 0 spiro atoms. The van der Waals surface area contributed by atoms with Crippen LogP contribution in [0.5, 0.6) is 0 Å². The first-order valence-corrected chi connectivity index (χ1v) is 14.5. The van der Waals surface area contributed by atoms with Crippen molar-refractivity contribution in [2.45, 2.75) is 138 Å². The van der Waals surface area contributed by atoms with Gasteiger partial charge >= 0.3 is 0 Å². The van der Waals surface area contributed by atoms with E-state index in [0.717, 1.165) is 29.6 Å². The van der Waals surface area contributed by atoms with Crippen molar-refractivity contribution >= 4 is 0 Å². The van der Waals surface area contributed by atoms with Gasteiger partial charge in [-0.2, -0.15) is 0 Å². The normalized spacial score (nSPS) is 55.6. The first-order valence-electron chi connectivity index (χ1n) is 14.5. The molecule has 5 aliphatic rings. The highest BCUT2D eigenvalue weighted by Crippen LogP contribution is 2.77. The number of unbranched alkanes of at least 4 members (excludes halogenated alkanes) is 1. The summed E-state index contributed by atoms with van der Waals surface area (Å²) < 4.78 is 0. The quantitative estimate of drug-likeness (QED) is 0.421. The van der Waals surface area contributed by atoms with Crippen LogP contribution in [0, 0.1) is 56.7 Å². The van der Waals surface area contributed by atoms with Crippen molar-refractivity contribution < 1.29 is 0 Å². The maximum absolute atomic E-state index is 2.82. The average molecular weight is 427 g/mol. The Labute approximate surface area is 195 Å². The van der Waals surface area contributed by atoms with Crippen molar-refractivity contribution in [1.29, 1.82) is 0 Å². The summed E-state index contributed by atoms with van der Waals surface area (Å²) in [6.07, 6.45) is 21.1. The Morgan fingerprint density at radius 2 is 1.26 bits per heavy atom. The Morgan fingerprint density at radius 1 is 0.613 bits per heavy atom. The van der Waals surface area contributed by atoms with E-state index in [9.17, 15) is 0 Å². The maximum atomic E-state index is 2.82. The lowest BCUT2D eigenvalue weighted by molar-refractivity contribution is -0.241. The molecule has 0 saturated heterocycles. The van der Waals surface area contributed by atoms with E-state index in [1.165, 1.54) is 57.8 Å². The van der Waals surface area contributed by atoms with Gasteiger partial charge in [0.15, 0.2) is 0 Å². The zero-order chi connectivity index (χ0) is 22.3. The van der Waals surface area contributed by atoms with E-state index in [1.54, 1.807) is 32.1 Å². The fourth-order valence-corrected chi connectivity index (χ4v) is 12.2. The number of rotatable bonds is 3. The summed E-state index contributed by atoms with van der Waals surface area (Å²) in [6, 6.07) is 0. The Bertz CT molecular complexity index is 690. The Balaban J connectivity index is 1.47. The topological polar surface area (TPSA) is 0 Å². The highest BCUT2D eigenvalue weighted by atomic mass is 14.7. The molecule has 5 fully saturated rings. The highest BCUT2D eigenvalue weighted by Gasteiger charge is 2.70.